The van der Waals surface area contributed by atoms with Crippen molar-refractivity contribution in [3.8, 4) is 0 Å². The van der Waals surface area contributed by atoms with E-state index in [9.17, 15) is 28.6 Å². The Kier molecular flexibility index (Phi) is 4.69. The van der Waals surface area contributed by atoms with Gasteiger partial charge < -0.3 is 9.47 Å². The lowest BCUT2D eigenvalue weighted by Gasteiger charge is -2.37. The van der Waals surface area contributed by atoms with Gasteiger partial charge in [-0.3, -0.25) is 20.2 Å². The van der Waals surface area contributed by atoms with Gasteiger partial charge in [0.1, 0.15) is 0 Å². The number of benzene rings is 1. The zero-order valence-electron chi connectivity index (χ0n) is 13.9. The van der Waals surface area contributed by atoms with E-state index in [1.807, 2.05) is 6.92 Å². The van der Waals surface area contributed by atoms with Crippen LogP contribution in [-0.2, 0) is 19.5 Å². The Morgan fingerprint density at radius 2 is 1.65 bits per heavy atom. The van der Waals surface area contributed by atoms with E-state index in [0.717, 1.165) is 22.5 Å². The van der Waals surface area contributed by atoms with Gasteiger partial charge in [0.05, 0.1) is 33.5 Å². The van der Waals surface area contributed by atoms with Crippen LogP contribution in [0, 0.1) is 20.2 Å². The molecule has 0 bridgehead atoms. The van der Waals surface area contributed by atoms with Gasteiger partial charge in [-0.1, -0.05) is 0 Å². The molecule has 0 saturated carbocycles. The number of nitrogens with zero attached hydrogens (tertiary/aromatic N) is 3. The van der Waals surface area contributed by atoms with Gasteiger partial charge in [-0.2, -0.15) is 4.31 Å². The van der Waals surface area contributed by atoms with Crippen LogP contribution in [0.2, 0.25) is 0 Å². The zero-order chi connectivity index (χ0) is 19.1. The summed E-state index contributed by atoms with van der Waals surface area (Å²) in [5.74, 6) is -0.805. The summed E-state index contributed by atoms with van der Waals surface area (Å²) in [5.41, 5.74) is -1.30. The maximum atomic E-state index is 12.8. The average molecular weight is 387 g/mol. The highest BCUT2D eigenvalue weighted by atomic mass is 32.2. The largest absolute Gasteiger partial charge is 0.347 e. The molecule has 0 N–H and O–H groups in total. The van der Waals surface area contributed by atoms with E-state index in [1.165, 1.54) is 0 Å². The first-order valence-corrected chi connectivity index (χ1v) is 9.33. The second-order valence-corrected chi connectivity index (χ2v) is 8.19. The average Bonchev–Trinajstić information content (AvgIpc) is 2.95. The molecule has 0 unspecified atom stereocenters. The molecule has 3 rings (SSSR count). The Morgan fingerprint density at radius 1 is 1.12 bits per heavy atom. The number of hydrogen-bond donors (Lipinski definition) is 0. The molecule has 2 saturated heterocycles. The molecular weight excluding hydrogens is 370 g/mol. The predicted molar refractivity (Wildman–Crippen MR) is 87.0 cm³/mol. The fourth-order valence-electron chi connectivity index (χ4n) is 3.11. The highest BCUT2D eigenvalue weighted by Gasteiger charge is 2.45. The molecule has 2 aliphatic heterocycles. The standard InChI is InChI=1S/C14H17N3O8S/c1-10-9-24-14(25-10)2-4-15(5-3-14)26(22,23)13-7-11(16(18)19)6-12(8-13)17(20)21/h6-8,10H,2-5,9H2,1H3/t10-/m0/s1. The molecule has 1 aromatic rings. The molecule has 2 fully saturated rings. The third-order valence-corrected chi connectivity index (χ3v) is 6.29. The number of piperidine rings is 1. The molecule has 2 aliphatic rings. The van der Waals surface area contributed by atoms with E-state index in [1.54, 1.807) is 0 Å². The number of ether oxygens (including phenoxy) is 2. The summed E-state index contributed by atoms with van der Waals surface area (Å²) in [6.45, 7) is 2.47. The maximum Gasteiger partial charge on any atom is 0.277 e. The van der Waals surface area contributed by atoms with E-state index >= 15 is 0 Å². The summed E-state index contributed by atoms with van der Waals surface area (Å²) in [5, 5.41) is 21.9. The number of non-ortho nitro benzene ring substituents is 2. The lowest BCUT2D eigenvalue weighted by atomic mass is 10.1. The number of nitro benzene ring substituents is 2. The Labute approximate surface area is 148 Å². The fraction of sp³-hybridized carbons (Fsp3) is 0.571. The van der Waals surface area contributed by atoms with Gasteiger partial charge in [-0.05, 0) is 6.92 Å². The fourth-order valence-corrected chi connectivity index (χ4v) is 4.61. The molecule has 1 aromatic carbocycles. The molecule has 1 spiro atoms. The van der Waals surface area contributed by atoms with Gasteiger partial charge >= 0.3 is 0 Å². The molecule has 0 aromatic heterocycles. The number of hydrogen-bond acceptors (Lipinski definition) is 8. The predicted octanol–water partition coefficient (Wildman–Crippen LogP) is 1.42. The third kappa shape index (κ3) is 3.40. The first-order chi connectivity index (χ1) is 12.1. The van der Waals surface area contributed by atoms with Crippen LogP contribution >= 0.6 is 0 Å². The third-order valence-electron chi connectivity index (χ3n) is 4.42. The molecule has 142 valence electrons. The second-order valence-electron chi connectivity index (χ2n) is 6.25. The van der Waals surface area contributed by atoms with E-state index < -0.39 is 41.9 Å². The first-order valence-electron chi connectivity index (χ1n) is 7.89. The highest BCUT2D eigenvalue weighted by Crippen LogP contribution is 2.36. The smallest absolute Gasteiger partial charge is 0.277 e. The monoisotopic (exact) mass is 387 g/mol. The van der Waals surface area contributed by atoms with Crippen LogP contribution in [0.3, 0.4) is 0 Å². The Balaban J connectivity index is 1.87. The maximum absolute atomic E-state index is 12.8. The Morgan fingerprint density at radius 3 is 2.08 bits per heavy atom. The summed E-state index contributed by atoms with van der Waals surface area (Å²) in [6.07, 6.45) is 0.554. The summed E-state index contributed by atoms with van der Waals surface area (Å²) in [4.78, 5) is 19.7. The van der Waals surface area contributed by atoms with Gasteiger partial charge in [-0.25, -0.2) is 8.42 Å². The van der Waals surface area contributed by atoms with Crippen LogP contribution < -0.4 is 0 Å². The van der Waals surface area contributed by atoms with Crippen molar-refractivity contribution in [3.63, 3.8) is 0 Å². The summed E-state index contributed by atoms with van der Waals surface area (Å²) >= 11 is 0. The van der Waals surface area contributed by atoms with Crippen LogP contribution in [0.25, 0.3) is 0 Å². The van der Waals surface area contributed by atoms with Crippen molar-refractivity contribution < 1.29 is 27.7 Å². The Bertz CT molecular complexity index is 815. The molecular formula is C14H17N3O8S. The second kappa shape index (κ2) is 6.54. The van der Waals surface area contributed by atoms with Crippen molar-refractivity contribution in [3.05, 3.63) is 38.4 Å². The topological polar surface area (TPSA) is 142 Å². The lowest BCUT2D eigenvalue weighted by molar-refractivity contribution is -0.394. The molecule has 0 radical (unpaired) electrons. The van der Waals surface area contributed by atoms with Crippen LogP contribution in [0.1, 0.15) is 19.8 Å². The van der Waals surface area contributed by atoms with Gasteiger partial charge in [0.25, 0.3) is 11.4 Å². The Hall–Kier alpha value is -2.15. The van der Waals surface area contributed by atoms with E-state index in [4.69, 9.17) is 9.47 Å². The van der Waals surface area contributed by atoms with Gasteiger partial charge in [0, 0.05) is 38.1 Å². The van der Waals surface area contributed by atoms with Crippen molar-refractivity contribution in [1.29, 1.82) is 0 Å². The van der Waals surface area contributed by atoms with E-state index in [-0.39, 0.29) is 19.2 Å². The molecule has 12 heteroatoms. The van der Waals surface area contributed by atoms with E-state index in [0.29, 0.717) is 19.4 Å². The molecule has 2 heterocycles. The van der Waals surface area contributed by atoms with Gasteiger partial charge in [0.15, 0.2) is 5.79 Å². The normalized spacial score (nSPS) is 23.2. The lowest BCUT2D eigenvalue weighted by Crippen LogP contribution is -2.47. The minimum absolute atomic E-state index is 0.0717. The van der Waals surface area contributed by atoms with E-state index in [2.05, 4.69) is 0 Å². The van der Waals surface area contributed by atoms with Crippen molar-refractivity contribution >= 4 is 21.4 Å². The number of sulfonamides is 1. The van der Waals surface area contributed by atoms with Crippen molar-refractivity contribution in [1.82, 2.24) is 4.31 Å². The van der Waals surface area contributed by atoms with Crippen molar-refractivity contribution in [2.24, 2.45) is 0 Å². The quantitative estimate of drug-likeness (QED) is 0.557. The minimum atomic E-state index is -4.12. The molecule has 0 aliphatic carbocycles. The SMILES string of the molecule is C[C@H]1COC2(CCN(S(=O)(=O)c3cc([N+](=O)[O-])cc([N+](=O)[O-])c3)CC2)O1. The minimum Gasteiger partial charge on any atom is -0.347 e. The highest BCUT2D eigenvalue weighted by molar-refractivity contribution is 7.89. The van der Waals surface area contributed by atoms with Crippen molar-refractivity contribution in [2.75, 3.05) is 19.7 Å². The van der Waals surface area contributed by atoms with Gasteiger partial charge in [0.2, 0.25) is 10.0 Å². The van der Waals surface area contributed by atoms with Gasteiger partial charge in [-0.15, -0.1) is 0 Å². The summed E-state index contributed by atoms with van der Waals surface area (Å²) in [6, 6.07) is 2.39. The molecule has 11 nitrogen and oxygen atoms in total. The molecule has 26 heavy (non-hydrogen) atoms. The van der Waals surface area contributed by atoms with Crippen LogP contribution in [0.4, 0.5) is 11.4 Å². The summed E-state index contributed by atoms with van der Waals surface area (Å²) in [7, 11) is -4.12. The first kappa shape index (κ1) is 18.6. The summed E-state index contributed by atoms with van der Waals surface area (Å²) < 4.78 is 38.1. The number of nitro groups is 2. The van der Waals surface area contributed by atoms with Crippen LogP contribution in [-0.4, -0.2) is 54.2 Å². The van der Waals surface area contributed by atoms with Crippen LogP contribution in [0.5, 0.6) is 0 Å². The van der Waals surface area contributed by atoms with Crippen molar-refractivity contribution in [2.45, 2.75) is 36.6 Å². The zero-order valence-corrected chi connectivity index (χ0v) is 14.7. The molecule has 1 atom stereocenters. The van der Waals surface area contributed by atoms with Crippen LogP contribution in [0.15, 0.2) is 23.1 Å². The molecule has 0 amide bonds. The number of rotatable bonds is 4.